The average Bonchev–Trinajstić information content (AvgIpc) is 3.39. The maximum Gasteiger partial charge on any atom is 0.0392 e. The molecule has 0 amide bonds. The summed E-state index contributed by atoms with van der Waals surface area (Å²) in [5, 5.41) is 0. The van der Waals surface area contributed by atoms with Crippen molar-refractivity contribution < 1.29 is 0 Å². The van der Waals surface area contributed by atoms with Gasteiger partial charge >= 0.3 is 0 Å². The maximum absolute atomic E-state index is 5.84. The molecule has 25 heavy (non-hydrogen) atoms. The number of hydrogen-bond donors (Lipinski definition) is 0. The van der Waals surface area contributed by atoms with E-state index in [0.717, 1.165) is 5.88 Å². The summed E-state index contributed by atoms with van der Waals surface area (Å²) in [7, 11) is 0. The Bertz CT molecular complexity index is 269. The van der Waals surface area contributed by atoms with E-state index in [0.29, 0.717) is 6.04 Å². The van der Waals surface area contributed by atoms with Crippen molar-refractivity contribution in [3.63, 3.8) is 0 Å². The number of halogens is 1. The molecule has 0 saturated carbocycles. The zero-order valence-electron chi connectivity index (χ0n) is 17.3. The smallest absolute Gasteiger partial charge is 0.0392 e. The van der Waals surface area contributed by atoms with Gasteiger partial charge in [-0.25, -0.2) is 0 Å². The molecule has 0 aromatic heterocycles. The summed E-state index contributed by atoms with van der Waals surface area (Å²) in [5.41, 5.74) is 0. The van der Waals surface area contributed by atoms with Crippen LogP contribution in [-0.2, 0) is 0 Å². The second kappa shape index (κ2) is 17.7. The van der Waals surface area contributed by atoms with E-state index in [2.05, 4.69) is 11.8 Å². The standard InChI is InChI=1S/C23H46ClN/c1-2-3-4-5-6-7-8-9-10-11-12-13-14-15-16-17-18-19-20-25-22-23(25)21-24/h23H,2-22H2,1H3. The predicted octanol–water partition coefficient (Wildman–Crippen LogP) is 7.95. The lowest BCUT2D eigenvalue weighted by Gasteiger charge is -2.04. The molecule has 2 unspecified atom stereocenters. The molecule has 1 aliphatic rings. The summed E-state index contributed by atoms with van der Waals surface area (Å²) in [6.07, 6.45) is 26.2. The third kappa shape index (κ3) is 15.0. The molecule has 0 aliphatic carbocycles. The van der Waals surface area contributed by atoms with Crippen molar-refractivity contribution in [1.82, 2.24) is 4.90 Å². The van der Waals surface area contributed by atoms with Crippen molar-refractivity contribution in [3.8, 4) is 0 Å². The first-order valence-electron chi connectivity index (χ1n) is 11.7. The fourth-order valence-electron chi connectivity index (χ4n) is 3.86. The van der Waals surface area contributed by atoms with Gasteiger partial charge in [0.2, 0.25) is 0 Å². The largest absolute Gasteiger partial charge is 0.296 e. The lowest BCUT2D eigenvalue weighted by Crippen LogP contribution is -2.04. The Morgan fingerprint density at radius 1 is 0.600 bits per heavy atom. The highest BCUT2D eigenvalue weighted by atomic mass is 35.5. The molecule has 1 aliphatic heterocycles. The molecule has 0 aromatic carbocycles. The van der Waals surface area contributed by atoms with Crippen LogP contribution in [-0.4, -0.2) is 29.9 Å². The minimum absolute atomic E-state index is 0.715. The van der Waals surface area contributed by atoms with E-state index in [1.54, 1.807) is 0 Å². The zero-order valence-corrected chi connectivity index (χ0v) is 18.0. The van der Waals surface area contributed by atoms with Crippen LogP contribution in [0.1, 0.15) is 122 Å². The Balaban J connectivity index is 1.62. The normalized spacial score (nSPS) is 19.4. The number of rotatable bonds is 20. The summed E-state index contributed by atoms with van der Waals surface area (Å²) in [5.74, 6) is 0.832. The lowest BCUT2D eigenvalue weighted by atomic mass is 10.0. The van der Waals surface area contributed by atoms with Gasteiger partial charge in [0.1, 0.15) is 0 Å². The summed E-state index contributed by atoms with van der Waals surface area (Å²) in [6, 6.07) is 0.715. The van der Waals surface area contributed by atoms with E-state index in [-0.39, 0.29) is 0 Å². The van der Waals surface area contributed by atoms with Crippen LogP contribution in [0.3, 0.4) is 0 Å². The summed E-state index contributed by atoms with van der Waals surface area (Å²) < 4.78 is 0. The van der Waals surface area contributed by atoms with E-state index < -0.39 is 0 Å². The lowest BCUT2D eigenvalue weighted by molar-refractivity contribution is 0.473. The Kier molecular flexibility index (Phi) is 16.4. The molecule has 0 spiro atoms. The van der Waals surface area contributed by atoms with Crippen LogP contribution >= 0.6 is 11.6 Å². The molecule has 0 N–H and O–H groups in total. The van der Waals surface area contributed by atoms with Crippen molar-refractivity contribution in [2.24, 2.45) is 0 Å². The van der Waals surface area contributed by atoms with Crippen LogP contribution in [0.4, 0.5) is 0 Å². The Morgan fingerprint density at radius 3 is 1.28 bits per heavy atom. The first-order valence-corrected chi connectivity index (χ1v) is 12.2. The molecule has 150 valence electrons. The van der Waals surface area contributed by atoms with E-state index in [9.17, 15) is 0 Å². The highest BCUT2D eigenvalue weighted by Gasteiger charge is 2.31. The van der Waals surface area contributed by atoms with Gasteiger partial charge in [0.25, 0.3) is 0 Å². The molecule has 1 nitrogen and oxygen atoms in total. The van der Waals surface area contributed by atoms with Gasteiger partial charge in [-0.15, -0.1) is 11.6 Å². The molecule has 0 aromatic rings. The zero-order chi connectivity index (χ0) is 18.0. The van der Waals surface area contributed by atoms with Gasteiger partial charge in [-0.2, -0.15) is 0 Å². The van der Waals surface area contributed by atoms with Gasteiger partial charge in [0.15, 0.2) is 0 Å². The molecule has 1 rings (SSSR count). The van der Waals surface area contributed by atoms with Crippen LogP contribution in [0.2, 0.25) is 0 Å². The third-order valence-corrected chi connectivity index (χ3v) is 6.16. The molecule has 1 heterocycles. The minimum Gasteiger partial charge on any atom is -0.296 e. The Labute approximate surface area is 164 Å². The molecule has 2 atom stereocenters. The predicted molar refractivity (Wildman–Crippen MR) is 115 cm³/mol. The monoisotopic (exact) mass is 371 g/mol. The molecule has 1 saturated heterocycles. The first kappa shape index (κ1) is 23.3. The molecule has 0 bridgehead atoms. The average molecular weight is 372 g/mol. The van der Waals surface area contributed by atoms with Gasteiger partial charge in [0, 0.05) is 18.5 Å². The second-order valence-corrected chi connectivity index (χ2v) is 8.62. The SMILES string of the molecule is CCCCCCCCCCCCCCCCCCCCN1CC1CCl. The second-order valence-electron chi connectivity index (χ2n) is 8.31. The van der Waals surface area contributed by atoms with E-state index in [1.807, 2.05) is 0 Å². The molecular formula is C23H46ClN. The van der Waals surface area contributed by atoms with Gasteiger partial charge in [-0.3, -0.25) is 4.90 Å². The summed E-state index contributed by atoms with van der Waals surface area (Å²) >= 11 is 5.84. The fourth-order valence-corrected chi connectivity index (χ4v) is 4.15. The van der Waals surface area contributed by atoms with Crippen LogP contribution in [0, 0.1) is 0 Å². The molecular weight excluding hydrogens is 326 g/mol. The van der Waals surface area contributed by atoms with E-state index >= 15 is 0 Å². The number of hydrogen-bond acceptors (Lipinski definition) is 1. The van der Waals surface area contributed by atoms with Gasteiger partial charge in [-0.1, -0.05) is 116 Å². The van der Waals surface area contributed by atoms with Crippen LogP contribution in [0.15, 0.2) is 0 Å². The van der Waals surface area contributed by atoms with Crippen molar-refractivity contribution in [2.75, 3.05) is 19.0 Å². The van der Waals surface area contributed by atoms with Gasteiger partial charge in [-0.05, 0) is 13.0 Å². The third-order valence-electron chi connectivity index (χ3n) is 5.81. The molecule has 1 fully saturated rings. The first-order chi connectivity index (χ1) is 12.4. The highest BCUT2D eigenvalue weighted by Crippen LogP contribution is 2.20. The van der Waals surface area contributed by atoms with Gasteiger partial charge in [0.05, 0.1) is 0 Å². The quantitative estimate of drug-likeness (QED) is 0.119. The summed E-state index contributed by atoms with van der Waals surface area (Å²) in [4.78, 5) is 2.51. The number of alkyl halides is 1. The van der Waals surface area contributed by atoms with E-state index in [1.165, 1.54) is 129 Å². The van der Waals surface area contributed by atoms with Gasteiger partial charge < -0.3 is 0 Å². The van der Waals surface area contributed by atoms with Crippen molar-refractivity contribution in [1.29, 1.82) is 0 Å². The topological polar surface area (TPSA) is 3.01 Å². The summed E-state index contributed by atoms with van der Waals surface area (Å²) in [6.45, 7) is 4.84. The number of nitrogens with zero attached hydrogens (tertiary/aromatic N) is 1. The molecule has 0 radical (unpaired) electrons. The van der Waals surface area contributed by atoms with Crippen LogP contribution in [0.5, 0.6) is 0 Å². The Morgan fingerprint density at radius 2 is 0.960 bits per heavy atom. The van der Waals surface area contributed by atoms with Crippen molar-refractivity contribution in [2.45, 2.75) is 129 Å². The number of unbranched alkanes of at least 4 members (excludes halogenated alkanes) is 17. The minimum atomic E-state index is 0.715. The Hall–Kier alpha value is 0.250. The maximum atomic E-state index is 5.84. The van der Waals surface area contributed by atoms with Crippen LogP contribution < -0.4 is 0 Å². The van der Waals surface area contributed by atoms with E-state index in [4.69, 9.17) is 11.6 Å². The fraction of sp³-hybridized carbons (Fsp3) is 1.00. The van der Waals surface area contributed by atoms with Crippen LogP contribution in [0.25, 0.3) is 0 Å². The molecule has 2 heteroatoms. The van der Waals surface area contributed by atoms with Crippen molar-refractivity contribution in [3.05, 3.63) is 0 Å². The highest BCUT2D eigenvalue weighted by molar-refractivity contribution is 6.18. The van der Waals surface area contributed by atoms with Crippen molar-refractivity contribution >= 4 is 11.6 Å².